The molecule has 45 valence electrons. The molecule has 0 aliphatic rings. The normalized spacial score (nSPS) is 7.67. The van der Waals surface area contributed by atoms with Crippen molar-refractivity contribution in [1.82, 2.24) is 0 Å². The smallest absolute Gasteiger partial charge is 0.118 e. The van der Waals surface area contributed by atoms with E-state index in [-0.39, 0.29) is 21.7 Å². The molecule has 0 atom stereocenters. The van der Waals surface area contributed by atoms with Crippen LogP contribution in [-0.4, -0.2) is 7.11 Å². The predicted molar refractivity (Wildman–Crippen MR) is 31.8 cm³/mol. The van der Waals surface area contributed by atoms with Crippen LogP contribution in [0.4, 0.5) is 0 Å². The van der Waals surface area contributed by atoms with E-state index in [0.29, 0.717) is 0 Å². The fraction of sp³-hybridized carbons (Fsp3) is 0.143. The zero-order valence-electron chi connectivity index (χ0n) is 5.22. The second-order valence-corrected chi connectivity index (χ2v) is 1.44. The molecule has 0 bridgehead atoms. The zero-order valence-corrected chi connectivity index (χ0v) is 6.78. The van der Waals surface area contributed by atoms with Crippen LogP contribution in [0.5, 0.6) is 5.75 Å². The molecule has 1 aromatic rings. The van der Waals surface area contributed by atoms with Gasteiger partial charge in [-0.15, -0.1) is 0 Å². The van der Waals surface area contributed by atoms with Crippen LogP contribution in [0.2, 0.25) is 0 Å². The molecule has 2 heteroatoms. The van der Waals surface area contributed by atoms with E-state index in [2.05, 4.69) is 6.07 Å². The molecular weight excluding hydrogens is 148 g/mol. The van der Waals surface area contributed by atoms with Crippen molar-refractivity contribution in [2.24, 2.45) is 0 Å². The summed E-state index contributed by atoms with van der Waals surface area (Å²) in [6, 6.07) is 10.2. The van der Waals surface area contributed by atoms with Crippen LogP contribution >= 0.6 is 0 Å². The number of rotatable bonds is 1. The molecule has 0 aliphatic heterocycles. The van der Waals surface area contributed by atoms with Gasteiger partial charge in [0, 0.05) is 21.7 Å². The molecule has 0 spiro atoms. The van der Waals surface area contributed by atoms with Crippen LogP contribution < -0.4 is 4.74 Å². The number of benzene rings is 1. The van der Waals surface area contributed by atoms with Gasteiger partial charge < -0.3 is 4.74 Å². The minimum Gasteiger partial charge on any atom is -0.497 e. The third-order valence-electron chi connectivity index (χ3n) is 0.923. The summed E-state index contributed by atoms with van der Waals surface area (Å²) in [5.41, 5.74) is 0. The SMILES string of the molecule is COc1cc[c]cc1.[Ti]. The molecule has 0 amide bonds. The van der Waals surface area contributed by atoms with Crippen molar-refractivity contribution >= 4 is 0 Å². The Hall–Kier alpha value is -0.266. The predicted octanol–water partition coefficient (Wildman–Crippen LogP) is 1.49. The van der Waals surface area contributed by atoms with E-state index >= 15 is 0 Å². The van der Waals surface area contributed by atoms with Crippen LogP contribution in [0.25, 0.3) is 0 Å². The van der Waals surface area contributed by atoms with Gasteiger partial charge in [-0.05, 0) is 18.2 Å². The monoisotopic (exact) mass is 155 g/mol. The van der Waals surface area contributed by atoms with Crippen molar-refractivity contribution in [2.75, 3.05) is 7.11 Å². The first-order valence-electron chi connectivity index (χ1n) is 2.43. The number of hydrogen-bond acceptors (Lipinski definition) is 1. The maximum absolute atomic E-state index is 4.89. The molecular formula is C7H7OTi. The largest absolute Gasteiger partial charge is 0.497 e. The second kappa shape index (κ2) is 4.60. The van der Waals surface area contributed by atoms with Gasteiger partial charge in [0.25, 0.3) is 0 Å². The fourth-order valence-corrected chi connectivity index (χ4v) is 0.508. The molecule has 9 heavy (non-hydrogen) atoms. The van der Waals surface area contributed by atoms with Gasteiger partial charge in [0.05, 0.1) is 7.11 Å². The molecule has 0 N–H and O–H groups in total. The first-order chi connectivity index (χ1) is 3.93. The molecule has 1 nitrogen and oxygen atoms in total. The third-order valence-corrected chi connectivity index (χ3v) is 0.923. The Morgan fingerprint density at radius 3 is 2.22 bits per heavy atom. The number of hydrogen-bond donors (Lipinski definition) is 0. The minimum atomic E-state index is 0. The van der Waals surface area contributed by atoms with Crippen molar-refractivity contribution < 1.29 is 26.5 Å². The summed E-state index contributed by atoms with van der Waals surface area (Å²) in [5.74, 6) is 0.878. The first kappa shape index (κ1) is 8.73. The van der Waals surface area contributed by atoms with Crippen LogP contribution in [-0.2, 0) is 21.7 Å². The summed E-state index contributed by atoms with van der Waals surface area (Å²) in [7, 11) is 1.65. The Morgan fingerprint density at radius 1 is 1.33 bits per heavy atom. The maximum Gasteiger partial charge on any atom is 0.118 e. The van der Waals surface area contributed by atoms with Crippen LogP contribution in [0, 0.1) is 6.07 Å². The van der Waals surface area contributed by atoms with Gasteiger partial charge in [-0.3, -0.25) is 0 Å². The van der Waals surface area contributed by atoms with Crippen molar-refractivity contribution in [2.45, 2.75) is 0 Å². The van der Waals surface area contributed by atoms with E-state index in [1.165, 1.54) is 0 Å². The van der Waals surface area contributed by atoms with Gasteiger partial charge in [-0.1, -0.05) is 12.1 Å². The number of methoxy groups -OCH3 is 1. The van der Waals surface area contributed by atoms with Gasteiger partial charge in [0.15, 0.2) is 0 Å². The van der Waals surface area contributed by atoms with Gasteiger partial charge in [0.1, 0.15) is 5.75 Å². The van der Waals surface area contributed by atoms with Crippen LogP contribution in [0.1, 0.15) is 0 Å². The average Bonchev–Trinajstić information content (AvgIpc) is 1.90. The Morgan fingerprint density at radius 2 is 1.89 bits per heavy atom. The van der Waals surface area contributed by atoms with E-state index in [1.807, 2.05) is 24.3 Å². The molecule has 0 aromatic heterocycles. The molecule has 0 aliphatic carbocycles. The zero-order chi connectivity index (χ0) is 5.82. The molecule has 0 heterocycles. The third kappa shape index (κ3) is 2.68. The standard InChI is InChI=1S/C7H7O.Ti/c1-8-7-5-3-2-4-6-7;/h3-6H,1H3;. The summed E-state index contributed by atoms with van der Waals surface area (Å²) in [4.78, 5) is 0. The molecule has 0 unspecified atom stereocenters. The van der Waals surface area contributed by atoms with Crippen molar-refractivity contribution in [3.05, 3.63) is 30.3 Å². The summed E-state index contributed by atoms with van der Waals surface area (Å²) in [5, 5.41) is 0. The summed E-state index contributed by atoms with van der Waals surface area (Å²) in [6.07, 6.45) is 0. The van der Waals surface area contributed by atoms with E-state index < -0.39 is 0 Å². The molecule has 1 radical (unpaired) electrons. The second-order valence-electron chi connectivity index (χ2n) is 1.44. The molecule has 0 saturated heterocycles. The summed E-state index contributed by atoms with van der Waals surface area (Å²) in [6.45, 7) is 0. The molecule has 1 aromatic carbocycles. The van der Waals surface area contributed by atoms with E-state index in [9.17, 15) is 0 Å². The quantitative estimate of drug-likeness (QED) is 0.558. The van der Waals surface area contributed by atoms with Crippen LogP contribution in [0.15, 0.2) is 24.3 Å². The molecule has 0 saturated carbocycles. The van der Waals surface area contributed by atoms with Gasteiger partial charge in [-0.2, -0.15) is 0 Å². The minimum absolute atomic E-state index is 0. The summed E-state index contributed by atoms with van der Waals surface area (Å²) >= 11 is 0. The van der Waals surface area contributed by atoms with Crippen molar-refractivity contribution in [1.29, 1.82) is 0 Å². The van der Waals surface area contributed by atoms with Gasteiger partial charge in [0.2, 0.25) is 0 Å². The summed E-state index contributed by atoms with van der Waals surface area (Å²) < 4.78 is 4.89. The van der Waals surface area contributed by atoms with Crippen LogP contribution in [0.3, 0.4) is 0 Å². The van der Waals surface area contributed by atoms with E-state index in [0.717, 1.165) is 5.75 Å². The first-order valence-corrected chi connectivity index (χ1v) is 2.43. The Balaban J connectivity index is 0.000000640. The number of ether oxygens (including phenoxy) is 1. The van der Waals surface area contributed by atoms with Crippen molar-refractivity contribution in [3.63, 3.8) is 0 Å². The van der Waals surface area contributed by atoms with Gasteiger partial charge in [-0.25, -0.2) is 0 Å². The maximum atomic E-state index is 4.89. The van der Waals surface area contributed by atoms with E-state index in [1.54, 1.807) is 7.11 Å². The molecule has 0 fully saturated rings. The topological polar surface area (TPSA) is 9.23 Å². The Bertz CT molecular complexity index is 150. The van der Waals surface area contributed by atoms with E-state index in [4.69, 9.17) is 4.74 Å². The average molecular weight is 155 g/mol. The Labute approximate surface area is 69.9 Å². The fourth-order valence-electron chi connectivity index (χ4n) is 0.508. The molecule has 1 rings (SSSR count). The Kier molecular flexibility index (Phi) is 4.46. The van der Waals surface area contributed by atoms with Gasteiger partial charge >= 0.3 is 0 Å². The van der Waals surface area contributed by atoms with Crippen molar-refractivity contribution in [3.8, 4) is 5.75 Å².